The Morgan fingerprint density at radius 1 is 1.33 bits per heavy atom. The SMILES string of the molecule is CCOC[C@H]1CN(Cc2ccc(C)s2)Cc2ncn(CC3CC3)c21. The van der Waals surface area contributed by atoms with Gasteiger partial charge >= 0.3 is 0 Å². The van der Waals surface area contributed by atoms with E-state index in [4.69, 9.17) is 9.72 Å². The van der Waals surface area contributed by atoms with Crippen molar-refractivity contribution in [3.05, 3.63) is 39.6 Å². The summed E-state index contributed by atoms with van der Waals surface area (Å²) >= 11 is 1.91. The van der Waals surface area contributed by atoms with Crippen LogP contribution in [0, 0.1) is 12.8 Å². The fourth-order valence-corrected chi connectivity index (χ4v) is 4.66. The van der Waals surface area contributed by atoms with Crippen molar-refractivity contribution in [1.29, 1.82) is 0 Å². The second-order valence-corrected chi connectivity index (χ2v) is 8.58. The highest BCUT2D eigenvalue weighted by Crippen LogP contribution is 2.35. The van der Waals surface area contributed by atoms with Crippen LogP contribution in [-0.4, -0.2) is 34.2 Å². The van der Waals surface area contributed by atoms with E-state index in [-0.39, 0.29) is 0 Å². The average molecular weight is 346 g/mol. The molecule has 2 aliphatic rings. The van der Waals surface area contributed by atoms with E-state index >= 15 is 0 Å². The molecule has 2 aromatic heterocycles. The van der Waals surface area contributed by atoms with Gasteiger partial charge in [-0.15, -0.1) is 11.3 Å². The maximum Gasteiger partial charge on any atom is 0.0952 e. The molecular weight excluding hydrogens is 318 g/mol. The Labute approximate surface area is 148 Å². The molecule has 0 unspecified atom stereocenters. The molecule has 0 saturated heterocycles. The molecule has 130 valence electrons. The second kappa shape index (κ2) is 6.98. The van der Waals surface area contributed by atoms with Crippen molar-refractivity contribution < 1.29 is 4.74 Å². The lowest BCUT2D eigenvalue weighted by Gasteiger charge is -2.33. The van der Waals surface area contributed by atoms with Gasteiger partial charge in [-0.25, -0.2) is 4.98 Å². The largest absolute Gasteiger partial charge is 0.381 e. The van der Waals surface area contributed by atoms with Gasteiger partial charge < -0.3 is 9.30 Å². The third kappa shape index (κ3) is 3.58. The lowest BCUT2D eigenvalue weighted by Crippen LogP contribution is -2.36. The molecular formula is C19H27N3OS. The average Bonchev–Trinajstić information content (AvgIpc) is 3.16. The molecule has 0 bridgehead atoms. The van der Waals surface area contributed by atoms with E-state index in [2.05, 4.69) is 41.8 Å². The summed E-state index contributed by atoms with van der Waals surface area (Å²) in [5, 5.41) is 0. The Bertz CT molecular complexity index is 689. The first-order chi connectivity index (χ1) is 11.7. The quantitative estimate of drug-likeness (QED) is 0.765. The van der Waals surface area contributed by atoms with Gasteiger partial charge in [0.05, 0.1) is 18.6 Å². The van der Waals surface area contributed by atoms with Crippen LogP contribution in [0.5, 0.6) is 0 Å². The predicted molar refractivity (Wildman–Crippen MR) is 97.4 cm³/mol. The summed E-state index contributed by atoms with van der Waals surface area (Å²) < 4.78 is 8.23. The fraction of sp³-hybridized carbons (Fsp3) is 0.632. The van der Waals surface area contributed by atoms with Crippen LogP contribution in [0.15, 0.2) is 18.5 Å². The number of hydrogen-bond donors (Lipinski definition) is 0. The summed E-state index contributed by atoms with van der Waals surface area (Å²) in [5.74, 6) is 1.32. The first-order valence-electron chi connectivity index (χ1n) is 9.12. The molecule has 0 aromatic carbocycles. The van der Waals surface area contributed by atoms with Gasteiger partial charge in [-0.05, 0) is 44.7 Å². The van der Waals surface area contributed by atoms with Crippen LogP contribution in [0.1, 0.15) is 46.8 Å². The smallest absolute Gasteiger partial charge is 0.0952 e. The summed E-state index contributed by atoms with van der Waals surface area (Å²) in [6, 6.07) is 4.48. The molecule has 1 aliphatic carbocycles. The summed E-state index contributed by atoms with van der Waals surface area (Å²) in [6.07, 6.45) is 4.83. The molecule has 1 saturated carbocycles. The van der Waals surface area contributed by atoms with Crippen LogP contribution in [0.25, 0.3) is 0 Å². The topological polar surface area (TPSA) is 30.3 Å². The highest BCUT2D eigenvalue weighted by molar-refractivity contribution is 7.11. The van der Waals surface area contributed by atoms with Crippen LogP contribution >= 0.6 is 11.3 Å². The van der Waals surface area contributed by atoms with Gasteiger partial charge in [0.15, 0.2) is 0 Å². The summed E-state index contributed by atoms with van der Waals surface area (Å²) in [5.41, 5.74) is 2.70. The van der Waals surface area contributed by atoms with E-state index in [1.807, 2.05) is 11.3 Å². The van der Waals surface area contributed by atoms with Gasteiger partial charge in [-0.2, -0.15) is 0 Å². The van der Waals surface area contributed by atoms with Crippen molar-refractivity contribution in [3.63, 3.8) is 0 Å². The minimum Gasteiger partial charge on any atom is -0.381 e. The maximum absolute atomic E-state index is 5.81. The zero-order valence-electron chi connectivity index (χ0n) is 14.7. The molecule has 0 radical (unpaired) electrons. The number of rotatable bonds is 7. The van der Waals surface area contributed by atoms with E-state index in [0.29, 0.717) is 5.92 Å². The minimum absolute atomic E-state index is 0.441. The van der Waals surface area contributed by atoms with Crippen LogP contribution in [-0.2, 0) is 24.4 Å². The number of aromatic nitrogens is 2. The van der Waals surface area contributed by atoms with Crippen molar-refractivity contribution in [2.45, 2.75) is 52.2 Å². The lowest BCUT2D eigenvalue weighted by atomic mass is 9.98. The van der Waals surface area contributed by atoms with Crippen molar-refractivity contribution >= 4 is 11.3 Å². The van der Waals surface area contributed by atoms with Gasteiger partial charge in [0, 0.05) is 54.2 Å². The first kappa shape index (κ1) is 16.3. The highest BCUT2D eigenvalue weighted by atomic mass is 32.1. The number of imidazole rings is 1. The Morgan fingerprint density at radius 3 is 2.92 bits per heavy atom. The first-order valence-corrected chi connectivity index (χ1v) is 9.94. The maximum atomic E-state index is 5.81. The summed E-state index contributed by atoms with van der Waals surface area (Å²) in [4.78, 5) is 10.1. The third-order valence-electron chi connectivity index (χ3n) is 5.05. The number of thiophene rings is 1. The van der Waals surface area contributed by atoms with Gasteiger partial charge in [0.2, 0.25) is 0 Å². The molecule has 2 aromatic rings. The van der Waals surface area contributed by atoms with Gasteiger partial charge in [0.25, 0.3) is 0 Å². The Morgan fingerprint density at radius 2 is 2.21 bits per heavy atom. The molecule has 0 spiro atoms. The Balaban J connectivity index is 1.53. The second-order valence-electron chi connectivity index (χ2n) is 7.21. The summed E-state index contributed by atoms with van der Waals surface area (Å²) in [7, 11) is 0. The van der Waals surface area contributed by atoms with Crippen LogP contribution in [0.4, 0.5) is 0 Å². The minimum atomic E-state index is 0.441. The molecule has 3 heterocycles. The van der Waals surface area contributed by atoms with Crippen LogP contribution in [0.2, 0.25) is 0 Å². The Kier molecular flexibility index (Phi) is 4.74. The summed E-state index contributed by atoms with van der Waals surface area (Å²) in [6.45, 7) is 10.1. The van der Waals surface area contributed by atoms with Crippen molar-refractivity contribution in [3.8, 4) is 0 Å². The Hall–Kier alpha value is -1.17. The molecule has 1 fully saturated rings. The van der Waals surface area contributed by atoms with E-state index in [1.54, 1.807) is 0 Å². The van der Waals surface area contributed by atoms with E-state index in [1.165, 1.54) is 34.0 Å². The van der Waals surface area contributed by atoms with Gasteiger partial charge in [-0.3, -0.25) is 4.90 Å². The third-order valence-corrected chi connectivity index (χ3v) is 6.03. The van der Waals surface area contributed by atoms with E-state index in [9.17, 15) is 0 Å². The number of hydrogen-bond acceptors (Lipinski definition) is 4. The van der Waals surface area contributed by atoms with Crippen molar-refractivity contribution in [2.75, 3.05) is 19.8 Å². The fourth-order valence-electron chi connectivity index (χ4n) is 3.73. The van der Waals surface area contributed by atoms with Gasteiger partial charge in [0.1, 0.15) is 0 Å². The highest BCUT2D eigenvalue weighted by Gasteiger charge is 2.32. The zero-order valence-corrected chi connectivity index (χ0v) is 15.5. The molecule has 5 heteroatoms. The van der Waals surface area contributed by atoms with E-state index in [0.717, 1.165) is 45.3 Å². The van der Waals surface area contributed by atoms with Crippen LogP contribution < -0.4 is 0 Å². The van der Waals surface area contributed by atoms with Crippen molar-refractivity contribution in [1.82, 2.24) is 14.5 Å². The predicted octanol–water partition coefficient (Wildman–Crippen LogP) is 3.80. The molecule has 0 amide bonds. The van der Waals surface area contributed by atoms with Crippen molar-refractivity contribution in [2.24, 2.45) is 5.92 Å². The van der Waals surface area contributed by atoms with Gasteiger partial charge in [-0.1, -0.05) is 0 Å². The molecule has 24 heavy (non-hydrogen) atoms. The molecule has 1 atom stereocenters. The number of nitrogens with zero attached hydrogens (tertiary/aromatic N) is 3. The zero-order chi connectivity index (χ0) is 16.5. The number of fused-ring (bicyclic) bond motifs is 1. The monoisotopic (exact) mass is 345 g/mol. The molecule has 1 aliphatic heterocycles. The lowest BCUT2D eigenvalue weighted by molar-refractivity contribution is 0.102. The normalized spacial score (nSPS) is 21.2. The number of aryl methyl sites for hydroxylation is 1. The van der Waals surface area contributed by atoms with E-state index < -0.39 is 0 Å². The molecule has 4 nitrogen and oxygen atoms in total. The molecule has 0 N–H and O–H groups in total. The number of ether oxygens (including phenoxy) is 1. The van der Waals surface area contributed by atoms with Crippen LogP contribution in [0.3, 0.4) is 0 Å². The standard InChI is InChI=1S/C19H27N3OS/c1-3-23-12-16-9-21(10-17-7-4-14(2)24-17)11-18-19(16)22(13-20-18)8-15-5-6-15/h4,7,13,15-16H,3,5-6,8-12H2,1-2H3/t16-/m1/s1. The molecule has 4 rings (SSSR count).